The number of rotatable bonds is 14. The predicted molar refractivity (Wildman–Crippen MR) is 137 cm³/mol. The first-order chi connectivity index (χ1) is 17.7. The number of hydrogen-bond donors (Lipinski definition) is 4. The molecule has 0 aliphatic rings. The van der Waals surface area contributed by atoms with Crippen LogP contribution in [-0.2, 0) is 19.1 Å². The molecule has 6 N–H and O–H groups in total. The number of nitrogens with two attached hydrogens (primary N) is 2. The van der Waals surface area contributed by atoms with Crippen LogP contribution in [0.5, 0.6) is 0 Å². The van der Waals surface area contributed by atoms with E-state index in [4.69, 9.17) is 16.2 Å². The number of hydrogen-bond acceptors (Lipinski definition) is 7. The lowest BCUT2D eigenvalue weighted by molar-refractivity contribution is -0.485. The fraction of sp³-hybridized carbons (Fsp3) is 0.360. The number of ether oxygens (including phenoxy) is 1. The fourth-order valence-electron chi connectivity index (χ4n) is 3.62. The molecule has 2 amide bonds. The van der Waals surface area contributed by atoms with Crippen LogP contribution in [0.25, 0.3) is 0 Å². The normalized spacial score (nSPS) is 12.9. The third-order valence-electron chi connectivity index (χ3n) is 5.44. The predicted octanol–water partition coefficient (Wildman–Crippen LogP) is 1.03. The first-order valence-electron chi connectivity index (χ1n) is 11.8. The van der Waals surface area contributed by atoms with Crippen LogP contribution in [0, 0.1) is 10.1 Å². The third kappa shape index (κ3) is 9.68. The Labute approximate surface area is 214 Å². The van der Waals surface area contributed by atoms with Crippen molar-refractivity contribution >= 4 is 23.6 Å². The zero-order valence-electron chi connectivity index (χ0n) is 20.5. The molecule has 12 nitrogen and oxygen atoms in total. The van der Waals surface area contributed by atoms with Crippen LogP contribution in [0.1, 0.15) is 43.2 Å². The van der Waals surface area contributed by atoms with E-state index in [1.54, 1.807) is 6.92 Å². The maximum Gasteiger partial charge on any atom is 0.307 e. The zero-order valence-corrected chi connectivity index (χ0v) is 20.5. The number of esters is 1. The van der Waals surface area contributed by atoms with Gasteiger partial charge < -0.3 is 26.8 Å². The lowest BCUT2D eigenvalue weighted by Gasteiger charge is -2.24. The molecule has 0 saturated carbocycles. The number of hydrazone groups is 1. The first kappa shape index (κ1) is 28.9. The van der Waals surface area contributed by atoms with E-state index in [1.807, 2.05) is 60.7 Å². The van der Waals surface area contributed by atoms with Gasteiger partial charge in [-0.2, -0.15) is 0 Å². The largest absolute Gasteiger partial charge is 0.466 e. The fourth-order valence-corrected chi connectivity index (χ4v) is 3.62. The second-order valence-corrected chi connectivity index (χ2v) is 8.11. The highest BCUT2D eigenvalue weighted by Crippen LogP contribution is 2.25. The Morgan fingerprint density at radius 3 is 2.08 bits per heavy atom. The van der Waals surface area contributed by atoms with Gasteiger partial charge in [0, 0.05) is 6.54 Å². The maximum absolute atomic E-state index is 13.5. The molecule has 1 unspecified atom stereocenters. The second-order valence-electron chi connectivity index (χ2n) is 8.11. The Hall–Kier alpha value is -4.32. The molecule has 0 spiro atoms. The van der Waals surface area contributed by atoms with Gasteiger partial charge in [-0.15, -0.1) is 0 Å². The number of nitrogens with zero attached hydrogens (tertiary/aromatic N) is 2. The minimum atomic E-state index is -1.06. The Bertz CT molecular complexity index is 1040. The third-order valence-corrected chi connectivity index (χ3v) is 5.44. The monoisotopic (exact) mass is 512 g/mol. The quantitative estimate of drug-likeness (QED) is 0.0947. The molecular formula is C25H32N6O6. The maximum atomic E-state index is 13.5. The van der Waals surface area contributed by atoms with Gasteiger partial charge in [-0.1, -0.05) is 60.7 Å². The number of nitro groups is 1. The standard InChI is InChI=1S/C25H32N6O6/c1-2-37-21(32)15-16-28-24(33)20(14-13-19(26)23(27)30-31(35)36)29-25(34)22(17-9-5-3-6-10-17)18-11-7-4-8-12-18/h3-12,19-20,22H,2,13-16,26H2,1H3,(H2,27,30)(H,28,33)(H,29,34)/t19?,20-/m0/s1. The van der Waals surface area contributed by atoms with Gasteiger partial charge in [-0.05, 0) is 30.9 Å². The highest BCUT2D eigenvalue weighted by atomic mass is 16.7. The molecule has 0 aliphatic heterocycles. The summed E-state index contributed by atoms with van der Waals surface area (Å²) >= 11 is 0. The van der Waals surface area contributed by atoms with E-state index in [1.165, 1.54) is 0 Å². The van der Waals surface area contributed by atoms with Crippen LogP contribution >= 0.6 is 0 Å². The molecule has 0 saturated heterocycles. The van der Waals surface area contributed by atoms with Crippen molar-refractivity contribution in [3.8, 4) is 0 Å². The summed E-state index contributed by atoms with van der Waals surface area (Å²) in [6.45, 7) is 1.90. The molecule has 2 aromatic carbocycles. The number of nitrogens with one attached hydrogen (secondary N) is 2. The van der Waals surface area contributed by atoms with Crippen molar-refractivity contribution in [3.63, 3.8) is 0 Å². The molecule has 0 radical (unpaired) electrons. The summed E-state index contributed by atoms with van der Waals surface area (Å²) in [6, 6.07) is 16.1. The smallest absolute Gasteiger partial charge is 0.307 e. The summed E-state index contributed by atoms with van der Waals surface area (Å²) in [6.07, 6.45) is 0.00198. The van der Waals surface area contributed by atoms with Crippen LogP contribution in [0.4, 0.5) is 0 Å². The summed E-state index contributed by atoms with van der Waals surface area (Å²) in [5.41, 5.74) is 12.9. The lowest BCUT2D eigenvalue weighted by atomic mass is 9.90. The molecule has 12 heteroatoms. The van der Waals surface area contributed by atoms with Gasteiger partial charge in [0.15, 0.2) is 10.9 Å². The van der Waals surface area contributed by atoms with Gasteiger partial charge in [0.25, 0.3) is 0 Å². The molecule has 2 atom stereocenters. The van der Waals surface area contributed by atoms with Crippen molar-refractivity contribution in [3.05, 3.63) is 81.9 Å². The van der Waals surface area contributed by atoms with Gasteiger partial charge >= 0.3 is 5.97 Å². The average Bonchev–Trinajstić information content (AvgIpc) is 2.87. The van der Waals surface area contributed by atoms with E-state index >= 15 is 0 Å². The number of amides is 2. The Balaban J connectivity index is 2.22. The van der Waals surface area contributed by atoms with Crippen molar-refractivity contribution < 1.29 is 24.2 Å². The van der Waals surface area contributed by atoms with Gasteiger partial charge in [0.05, 0.1) is 30.1 Å². The van der Waals surface area contributed by atoms with E-state index in [2.05, 4.69) is 15.7 Å². The summed E-state index contributed by atoms with van der Waals surface area (Å²) in [5.74, 6) is -2.54. The zero-order chi connectivity index (χ0) is 27.2. The molecule has 0 bridgehead atoms. The van der Waals surface area contributed by atoms with Gasteiger partial charge in [-0.25, -0.2) is 10.1 Å². The lowest BCUT2D eigenvalue weighted by Crippen LogP contribution is -2.49. The molecule has 37 heavy (non-hydrogen) atoms. The number of benzene rings is 2. The number of amidine groups is 1. The van der Waals surface area contributed by atoms with Crippen LogP contribution in [-0.4, -0.2) is 53.9 Å². The minimum absolute atomic E-state index is 0.00180. The van der Waals surface area contributed by atoms with E-state index in [0.717, 1.165) is 11.1 Å². The molecule has 198 valence electrons. The molecule has 2 rings (SSSR count). The van der Waals surface area contributed by atoms with Crippen molar-refractivity contribution in [1.82, 2.24) is 10.6 Å². The molecule has 2 aromatic rings. The summed E-state index contributed by atoms with van der Waals surface area (Å²) in [4.78, 5) is 48.7. The average molecular weight is 513 g/mol. The van der Waals surface area contributed by atoms with Crippen LogP contribution < -0.4 is 22.1 Å². The Kier molecular flexibility index (Phi) is 11.7. The van der Waals surface area contributed by atoms with E-state index in [-0.39, 0.29) is 32.4 Å². The van der Waals surface area contributed by atoms with E-state index in [9.17, 15) is 24.5 Å². The summed E-state index contributed by atoms with van der Waals surface area (Å²) in [5, 5.41) is 18.0. The molecule has 0 heterocycles. The van der Waals surface area contributed by atoms with Crippen LogP contribution in [0.3, 0.4) is 0 Å². The van der Waals surface area contributed by atoms with E-state index in [0.29, 0.717) is 0 Å². The first-order valence-corrected chi connectivity index (χ1v) is 11.8. The van der Waals surface area contributed by atoms with Crippen LogP contribution in [0.2, 0.25) is 0 Å². The van der Waals surface area contributed by atoms with Crippen molar-refractivity contribution in [2.45, 2.75) is 44.2 Å². The highest BCUT2D eigenvalue weighted by Gasteiger charge is 2.28. The molecular weight excluding hydrogens is 480 g/mol. The van der Waals surface area contributed by atoms with Gasteiger partial charge in [-0.3, -0.25) is 14.4 Å². The minimum Gasteiger partial charge on any atom is -0.466 e. The Morgan fingerprint density at radius 2 is 1.57 bits per heavy atom. The topological polar surface area (TPSA) is 192 Å². The second kappa shape index (κ2) is 14.9. The van der Waals surface area contributed by atoms with E-state index < -0.39 is 46.7 Å². The van der Waals surface area contributed by atoms with Crippen molar-refractivity contribution in [2.75, 3.05) is 13.2 Å². The van der Waals surface area contributed by atoms with Crippen molar-refractivity contribution in [1.29, 1.82) is 0 Å². The van der Waals surface area contributed by atoms with Crippen LogP contribution in [0.15, 0.2) is 65.8 Å². The summed E-state index contributed by atoms with van der Waals surface area (Å²) in [7, 11) is 0. The summed E-state index contributed by atoms with van der Waals surface area (Å²) < 4.78 is 4.86. The highest BCUT2D eigenvalue weighted by molar-refractivity contribution is 5.92. The molecule has 0 aromatic heterocycles. The molecule has 0 aliphatic carbocycles. The number of carbonyl (C=O) groups is 3. The molecule has 0 fully saturated rings. The number of carbonyl (C=O) groups excluding carboxylic acids is 3. The van der Waals surface area contributed by atoms with Gasteiger partial charge in [0.2, 0.25) is 11.8 Å². The SMILES string of the molecule is CCOC(=O)CCNC(=O)[C@H](CCC(N)C(N)=N[N+](=O)[O-])NC(=O)C(c1ccccc1)c1ccccc1. The van der Waals surface area contributed by atoms with Gasteiger partial charge in [0.1, 0.15) is 6.04 Å². The Morgan fingerprint density at radius 1 is 1.00 bits per heavy atom. The van der Waals surface area contributed by atoms with Crippen molar-refractivity contribution in [2.24, 2.45) is 16.6 Å².